The van der Waals surface area contributed by atoms with Crippen LogP contribution in [0.25, 0.3) is 11.3 Å². The minimum absolute atomic E-state index is 0.0520. The number of benzene rings is 2. The molecule has 2 aromatic carbocycles. The minimum Gasteiger partial charge on any atom is -0.497 e. The first-order chi connectivity index (χ1) is 14.1. The van der Waals surface area contributed by atoms with Gasteiger partial charge in [-0.05, 0) is 31.2 Å². The number of methoxy groups -OCH3 is 1. The van der Waals surface area contributed by atoms with Crippen molar-refractivity contribution in [2.45, 2.75) is 6.92 Å². The standard InChI is InChI=1S/C23H24N4O2/c1-17-24-21(18-6-4-3-5-7-18)16-22(25-17)26-12-14-27(15-13-26)23(28)19-8-10-20(29-2)11-9-19/h3-11,16H,12-15H2,1-2H3. The van der Waals surface area contributed by atoms with E-state index < -0.39 is 0 Å². The summed E-state index contributed by atoms with van der Waals surface area (Å²) < 4.78 is 5.17. The normalized spacial score (nSPS) is 14.0. The largest absolute Gasteiger partial charge is 0.497 e. The molecule has 148 valence electrons. The lowest BCUT2D eigenvalue weighted by atomic mass is 10.1. The quantitative estimate of drug-likeness (QED) is 0.685. The van der Waals surface area contributed by atoms with Gasteiger partial charge in [0, 0.05) is 43.4 Å². The molecule has 0 N–H and O–H groups in total. The second-order valence-electron chi connectivity index (χ2n) is 7.03. The van der Waals surface area contributed by atoms with Crippen molar-refractivity contribution in [3.05, 3.63) is 72.1 Å². The van der Waals surface area contributed by atoms with Crippen molar-refractivity contribution in [2.24, 2.45) is 0 Å². The number of anilines is 1. The average molecular weight is 388 g/mol. The number of ether oxygens (including phenoxy) is 1. The number of amides is 1. The maximum absolute atomic E-state index is 12.8. The maximum Gasteiger partial charge on any atom is 0.253 e. The summed E-state index contributed by atoms with van der Waals surface area (Å²) in [5.74, 6) is 2.46. The van der Waals surface area contributed by atoms with E-state index in [4.69, 9.17) is 4.74 Å². The summed E-state index contributed by atoms with van der Waals surface area (Å²) in [6, 6.07) is 19.4. The lowest BCUT2D eigenvalue weighted by Gasteiger charge is -2.35. The Morgan fingerprint density at radius 3 is 2.28 bits per heavy atom. The van der Waals surface area contributed by atoms with Crippen molar-refractivity contribution >= 4 is 11.7 Å². The van der Waals surface area contributed by atoms with Gasteiger partial charge < -0.3 is 14.5 Å². The fourth-order valence-electron chi connectivity index (χ4n) is 3.53. The lowest BCUT2D eigenvalue weighted by Crippen LogP contribution is -2.49. The van der Waals surface area contributed by atoms with Gasteiger partial charge in [-0.3, -0.25) is 4.79 Å². The first-order valence-corrected chi connectivity index (χ1v) is 9.73. The van der Waals surface area contributed by atoms with Crippen LogP contribution < -0.4 is 9.64 Å². The third-order valence-corrected chi connectivity index (χ3v) is 5.12. The van der Waals surface area contributed by atoms with E-state index in [1.54, 1.807) is 7.11 Å². The molecule has 0 spiro atoms. The van der Waals surface area contributed by atoms with Crippen LogP contribution in [0, 0.1) is 6.92 Å². The fraction of sp³-hybridized carbons (Fsp3) is 0.261. The molecule has 3 aromatic rings. The van der Waals surface area contributed by atoms with E-state index in [1.165, 1.54) is 0 Å². The van der Waals surface area contributed by atoms with Crippen LogP contribution in [0.5, 0.6) is 5.75 Å². The molecule has 1 aromatic heterocycles. The van der Waals surface area contributed by atoms with Gasteiger partial charge in [-0.1, -0.05) is 30.3 Å². The van der Waals surface area contributed by atoms with Gasteiger partial charge in [0.2, 0.25) is 0 Å². The number of piperazine rings is 1. The molecule has 0 atom stereocenters. The van der Waals surface area contributed by atoms with Crippen LogP contribution in [-0.2, 0) is 0 Å². The Kier molecular flexibility index (Phi) is 5.42. The minimum atomic E-state index is 0.0520. The molecule has 6 heteroatoms. The van der Waals surface area contributed by atoms with Crippen molar-refractivity contribution in [3.8, 4) is 17.0 Å². The Morgan fingerprint density at radius 2 is 1.62 bits per heavy atom. The third kappa shape index (κ3) is 4.21. The Hall–Kier alpha value is -3.41. The number of aryl methyl sites for hydroxylation is 1. The Labute approximate surface area is 170 Å². The van der Waals surface area contributed by atoms with Crippen molar-refractivity contribution in [1.29, 1.82) is 0 Å². The van der Waals surface area contributed by atoms with Crippen LogP contribution in [0.3, 0.4) is 0 Å². The summed E-state index contributed by atoms with van der Waals surface area (Å²) in [6.07, 6.45) is 0. The second kappa shape index (κ2) is 8.31. The second-order valence-corrected chi connectivity index (χ2v) is 7.03. The zero-order chi connectivity index (χ0) is 20.2. The highest BCUT2D eigenvalue weighted by molar-refractivity contribution is 5.94. The van der Waals surface area contributed by atoms with Gasteiger partial charge >= 0.3 is 0 Å². The van der Waals surface area contributed by atoms with Gasteiger partial charge in [-0.25, -0.2) is 9.97 Å². The topological polar surface area (TPSA) is 58.6 Å². The molecule has 0 bridgehead atoms. The molecule has 0 unspecified atom stereocenters. The van der Waals surface area contributed by atoms with Crippen molar-refractivity contribution in [2.75, 3.05) is 38.2 Å². The van der Waals surface area contributed by atoms with Gasteiger partial charge in [0.1, 0.15) is 17.4 Å². The number of carbonyl (C=O) groups excluding carboxylic acids is 1. The van der Waals surface area contributed by atoms with Crippen molar-refractivity contribution in [1.82, 2.24) is 14.9 Å². The molecular formula is C23H24N4O2. The molecule has 1 fully saturated rings. The molecule has 0 saturated carbocycles. The van der Waals surface area contributed by atoms with Crippen LogP contribution in [0.4, 0.5) is 5.82 Å². The highest BCUT2D eigenvalue weighted by Gasteiger charge is 2.23. The van der Waals surface area contributed by atoms with E-state index in [9.17, 15) is 4.79 Å². The number of aromatic nitrogens is 2. The van der Waals surface area contributed by atoms with E-state index in [2.05, 4.69) is 27.0 Å². The summed E-state index contributed by atoms with van der Waals surface area (Å²) in [4.78, 5) is 26.1. The van der Waals surface area contributed by atoms with Gasteiger partial charge in [0.05, 0.1) is 12.8 Å². The Balaban J connectivity index is 1.45. The van der Waals surface area contributed by atoms with Crippen LogP contribution in [0.15, 0.2) is 60.7 Å². The zero-order valence-electron chi connectivity index (χ0n) is 16.7. The van der Waals surface area contributed by atoms with Gasteiger partial charge in [0.25, 0.3) is 5.91 Å². The highest BCUT2D eigenvalue weighted by atomic mass is 16.5. The first kappa shape index (κ1) is 18.9. The monoisotopic (exact) mass is 388 g/mol. The molecule has 29 heavy (non-hydrogen) atoms. The van der Waals surface area contributed by atoms with Crippen LogP contribution >= 0.6 is 0 Å². The number of rotatable bonds is 4. The molecule has 1 aliphatic rings. The molecule has 6 nitrogen and oxygen atoms in total. The van der Waals surface area contributed by atoms with Crippen molar-refractivity contribution < 1.29 is 9.53 Å². The molecule has 0 radical (unpaired) electrons. The van der Waals surface area contributed by atoms with Crippen molar-refractivity contribution in [3.63, 3.8) is 0 Å². The average Bonchev–Trinajstić information content (AvgIpc) is 2.79. The summed E-state index contributed by atoms with van der Waals surface area (Å²) in [6.45, 7) is 4.72. The molecule has 1 amide bonds. The fourth-order valence-corrected chi connectivity index (χ4v) is 3.53. The lowest BCUT2D eigenvalue weighted by molar-refractivity contribution is 0.0746. The SMILES string of the molecule is COc1ccc(C(=O)N2CCN(c3cc(-c4ccccc4)nc(C)n3)CC2)cc1. The van der Waals surface area contributed by atoms with E-state index >= 15 is 0 Å². The highest BCUT2D eigenvalue weighted by Crippen LogP contribution is 2.23. The zero-order valence-corrected chi connectivity index (χ0v) is 16.7. The third-order valence-electron chi connectivity index (χ3n) is 5.12. The van der Waals surface area contributed by atoms with Crippen LogP contribution in [0.1, 0.15) is 16.2 Å². The predicted octanol–water partition coefficient (Wildman–Crippen LogP) is 3.42. The summed E-state index contributed by atoms with van der Waals surface area (Å²) in [5, 5.41) is 0. The first-order valence-electron chi connectivity index (χ1n) is 9.73. The molecule has 4 rings (SSSR count). The summed E-state index contributed by atoms with van der Waals surface area (Å²) in [5.41, 5.74) is 2.68. The number of hydrogen-bond donors (Lipinski definition) is 0. The Bertz CT molecular complexity index is 982. The van der Waals surface area contributed by atoms with Crippen LogP contribution in [-0.4, -0.2) is 54.1 Å². The number of carbonyl (C=O) groups is 1. The number of nitrogens with zero attached hydrogens (tertiary/aromatic N) is 4. The molecule has 2 heterocycles. The predicted molar refractivity (Wildman–Crippen MR) is 113 cm³/mol. The van der Waals surface area contributed by atoms with E-state index in [1.807, 2.05) is 60.4 Å². The van der Waals surface area contributed by atoms with E-state index in [0.717, 1.165) is 41.7 Å². The molecular weight excluding hydrogens is 364 g/mol. The summed E-state index contributed by atoms with van der Waals surface area (Å²) in [7, 11) is 1.62. The molecule has 1 aliphatic heterocycles. The number of hydrogen-bond acceptors (Lipinski definition) is 5. The summed E-state index contributed by atoms with van der Waals surface area (Å²) >= 11 is 0. The maximum atomic E-state index is 12.8. The van der Waals surface area contributed by atoms with E-state index in [0.29, 0.717) is 18.7 Å². The smallest absolute Gasteiger partial charge is 0.253 e. The van der Waals surface area contributed by atoms with Gasteiger partial charge in [0.15, 0.2) is 0 Å². The van der Waals surface area contributed by atoms with Gasteiger partial charge in [-0.15, -0.1) is 0 Å². The van der Waals surface area contributed by atoms with Crippen LogP contribution in [0.2, 0.25) is 0 Å². The Morgan fingerprint density at radius 1 is 0.931 bits per heavy atom. The molecule has 1 saturated heterocycles. The van der Waals surface area contributed by atoms with E-state index in [-0.39, 0.29) is 5.91 Å². The molecule has 0 aliphatic carbocycles. The van der Waals surface area contributed by atoms with Gasteiger partial charge in [-0.2, -0.15) is 0 Å².